The number of aromatic nitrogens is 4. The van der Waals surface area contributed by atoms with E-state index in [0.717, 1.165) is 27.5 Å². The molecule has 18 heavy (non-hydrogen) atoms. The summed E-state index contributed by atoms with van der Waals surface area (Å²) in [5.41, 5.74) is 1.88. The zero-order chi connectivity index (χ0) is 12.1. The molecule has 2 bridgehead atoms. The van der Waals surface area contributed by atoms with Crippen molar-refractivity contribution in [2.45, 2.75) is 6.42 Å². The van der Waals surface area contributed by atoms with Gasteiger partial charge in [-0.25, -0.2) is 4.73 Å². The summed E-state index contributed by atoms with van der Waals surface area (Å²) in [5, 5.41) is 16.0. The van der Waals surface area contributed by atoms with Crippen LogP contribution in [0.15, 0.2) is 41.3 Å². The van der Waals surface area contributed by atoms with E-state index in [-0.39, 0.29) is 0 Å². The molecule has 0 amide bonds. The van der Waals surface area contributed by atoms with Crippen LogP contribution in [0.4, 0.5) is 0 Å². The van der Waals surface area contributed by atoms with Crippen LogP contribution in [0.1, 0.15) is 11.3 Å². The van der Waals surface area contributed by atoms with Crippen LogP contribution < -0.4 is 4.73 Å². The van der Waals surface area contributed by atoms with Crippen LogP contribution in [-0.4, -0.2) is 14.8 Å². The van der Waals surface area contributed by atoms with Crippen molar-refractivity contribution in [1.29, 1.82) is 0 Å². The summed E-state index contributed by atoms with van der Waals surface area (Å²) in [6, 6.07) is 3.83. The Hall–Kier alpha value is -2.63. The van der Waals surface area contributed by atoms with E-state index < -0.39 is 0 Å². The lowest BCUT2D eigenvalue weighted by Gasteiger charge is -2.08. The Morgan fingerprint density at radius 1 is 1.33 bits per heavy atom. The molecule has 1 aliphatic rings. The second-order valence-electron chi connectivity index (χ2n) is 4.13. The van der Waals surface area contributed by atoms with Crippen LogP contribution in [0.2, 0.25) is 0 Å². The summed E-state index contributed by atoms with van der Waals surface area (Å²) in [4.78, 5) is 3.96. The van der Waals surface area contributed by atoms with Crippen molar-refractivity contribution in [2.75, 3.05) is 0 Å². The van der Waals surface area contributed by atoms with Gasteiger partial charge in [0, 0.05) is 12.0 Å². The van der Waals surface area contributed by atoms with E-state index in [0.29, 0.717) is 12.2 Å². The summed E-state index contributed by atoms with van der Waals surface area (Å²) in [6.07, 6.45) is 6.74. The van der Waals surface area contributed by atoms with Gasteiger partial charge >= 0.3 is 5.82 Å². The Kier molecular flexibility index (Phi) is 1.67. The third-order valence-corrected chi connectivity index (χ3v) is 3.03. The molecule has 4 rings (SSSR count). The normalized spacial score (nSPS) is 12.4. The molecule has 0 spiro atoms. The number of furan rings is 1. The molecule has 88 valence electrons. The Labute approximate surface area is 102 Å². The van der Waals surface area contributed by atoms with Crippen molar-refractivity contribution in [3.63, 3.8) is 0 Å². The molecule has 0 atom stereocenters. The van der Waals surface area contributed by atoms with Gasteiger partial charge in [0.05, 0.1) is 12.4 Å². The van der Waals surface area contributed by atoms with Gasteiger partial charge in [-0.2, -0.15) is 0 Å². The van der Waals surface area contributed by atoms with E-state index in [1.54, 1.807) is 10.9 Å². The molecular weight excluding hydrogens is 232 g/mol. The molecule has 0 unspecified atom stereocenters. The van der Waals surface area contributed by atoms with Crippen molar-refractivity contribution in [2.24, 2.45) is 0 Å². The molecule has 0 fully saturated rings. The summed E-state index contributed by atoms with van der Waals surface area (Å²) in [6.45, 7) is 0. The zero-order valence-electron chi connectivity index (χ0n) is 9.28. The Balaban J connectivity index is 1.99. The molecule has 0 N–H and O–H groups in total. The lowest BCUT2D eigenvalue weighted by Crippen LogP contribution is -2.32. The number of hydrogen-bond acceptors (Lipinski definition) is 4. The zero-order valence-corrected chi connectivity index (χ0v) is 9.28. The van der Waals surface area contributed by atoms with Crippen molar-refractivity contribution >= 4 is 0 Å². The maximum Gasteiger partial charge on any atom is 0.329 e. The van der Waals surface area contributed by atoms with Gasteiger partial charge in [0.2, 0.25) is 5.69 Å². The van der Waals surface area contributed by atoms with Crippen LogP contribution >= 0.6 is 0 Å². The molecule has 0 saturated heterocycles. The molecule has 6 heteroatoms. The Morgan fingerprint density at radius 2 is 2.28 bits per heavy atom. The minimum absolute atomic E-state index is 0.360. The van der Waals surface area contributed by atoms with Gasteiger partial charge in [-0.3, -0.25) is 4.98 Å². The Morgan fingerprint density at radius 3 is 3.17 bits per heavy atom. The third-order valence-electron chi connectivity index (χ3n) is 3.03. The third kappa shape index (κ3) is 1.14. The maximum atomic E-state index is 11.8. The highest BCUT2D eigenvalue weighted by molar-refractivity contribution is 5.62. The van der Waals surface area contributed by atoms with Gasteiger partial charge in [0.1, 0.15) is 18.2 Å². The van der Waals surface area contributed by atoms with Crippen molar-refractivity contribution in [3.05, 3.63) is 53.5 Å². The number of hydrogen-bond donors (Lipinski definition) is 0. The van der Waals surface area contributed by atoms with Crippen LogP contribution in [-0.2, 0) is 6.42 Å². The first kappa shape index (κ1) is 9.41. The second-order valence-corrected chi connectivity index (χ2v) is 4.13. The van der Waals surface area contributed by atoms with Crippen LogP contribution in [0.25, 0.3) is 17.3 Å². The number of nitrogens with zero attached hydrogens (tertiary/aromatic N) is 4. The minimum atomic E-state index is 0.360. The van der Waals surface area contributed by atoms with E-state index in [9.17, 15) is 5.21 Å². The first-order valence-corrected chi connectivity index (χ1v) is 5.52. The first-order valence-electron chi connectivity index (χ1n) is 5.52. The van der Waals surface area contributed by atoms with E-state index in [1.165, 1.54) is 18.6 Å². The largest absolute Gasteiger partial charge is 0.710 e. The average molecular weight is 240 g/mol. The van der Waals surface area contributed by atoms with E-state index in [2.05, 4.69) is 10.1 Å². The van der Waals surface area contributed by atoms with Gasteiger partial charge in [-0.1, -0.05) is 9.78 Å². The van der Waals surface area contributed by atoms with Crippen LogP contribution in [0, 0.1) is 5.21 Å². The van der Waals surface area contributed by atoms with Gasteiger partial charge < -0.3 is 9.62 Å². The van der Waals surface area contributed by atoms with Gasteiger partial charge in [0.15, 0.2) is 5.76 Å². The van der Waals surface area contributed by atoms with E-state index in [1.807, 2.05) is 12.1 Å². The van der Waals surface area contributed by atoms with E-state index in [4.69, 9.17) is 4.42 Å². The smallest absolute Gasteiger partial charge is 0.329 e. The molecule has 0 aliphatic carbocycles. The molecule has 4 heterocycles. The highest BCUT2D eigenvalue weighted by Gasteiger charge is 2.28. The summed E-state index contributed by atoms with van der Waals surface area (Å²) >= 11 is 0. The molecular formula is C12H8N4O2. The molecule has 0 saturated carbocycles. The monoisotopic (exact) mass is 240 g/mol. The summed E-state index contributed by atoms with van der Waals surface area (Å²) in [5.74, 6) is 2.00. The quantitative estimate of drug-likeness (QED) is 0.368. The Bertz CT molecular complexity index is 744. The average Bonchev–Trinajstić information content (AvgIpc) is 2.96. The minimum Gasteiger partial charge on any atom is -0.710 e. The van der Waals surface area contributed by atoms with Crippen LogP contribution in [0.5, 0.6) is 0 Å². The van der Waals surface area contributed by atoms with Gasteiger partial charge in [-0.05, 0) is 12.1 Å². The molecule has 3 aromatic rings. The molecule has 0 aromatic carbocycles. The second kappa shape index (κ2) is 3.19. The highest BCUT2D eigenvalue weighted by Crippen LogP contribution is 2.33. The predicted molar refractivity (Wildman–Crippen MR) is 60.8 cm³/mol. The molecule has 1 aliphatic heterocycles. The topological polar surface area (TPSA) is 70.8 Å². The fourth-order valence-electron chi connectivity index (χ4n) is 2.23. The first-order chi connectivity index (χ1) is 8.83. The number of rotatable bonds is 1. The predicted octanol–water partition coefficient (Wildman–Crippen LogP) is 1.06. The van der Waals surface area contributed by atoms with Crippen LogP contribution in [0.3, 0.4) is 0 Å². The standard InChI is InChI=1S/C12H8N4O2/c17-15-4-3-13-7-11(15)16-12-8(6-14-16)5-9-1-2-10(12)18-9/h1-4,6-7H,5H2. The van der Waals surface area contributed by atoms with Gasteiger partial charge in [0.25, 0.3) is 0 Å². The molecule has 6 nitrogen and oxygen atoms in total. The maximum absolute atomic E-state index is 11.8. The molecule has 0 radical (unpaired) electrons. The van der Waals surface area contributed by atoms with Gasteiger partial charge in [-0.15, -0.1) is 0 Å². The lowest BCUT2D eigenvalue weighted by atomic mass is 10.1. The SMILES string of the molecule is [O-][n+]1ccncc1-n1ncc2c1-c1ccc(o1)C2. The lowest BCUT2D eigenvalue weighted by molar-refractivity contribution is -0.600. The molecule has 3 aromatic heterocycles. The highest BCUT2D eigenvalue weighted by atomic mass is 16.5. The number of fused-ring (bicyclic) bond motifs is 4. The fourth-order valence-corrected chi connectivity index (χ4v) is 2.23. The fraction of sp³-hybridized carbons (Fsp3) is 0.0833. The summed E-state index contributed by atoms with van der Waals surface area (Å²) in [7, 11) is 0. The van der Waals surface area contributed by atoms with Crippen molar-refractivity contribution in [1.82, 2.24) is 14.8 Å². The van der Waals surface area contributed by atoms with Crippen molar-refractivity contribution in [3.8, 4) is 17.3 Å². The van der Waals surface area contributed by atoms with E-state index >= 15 is 0 Å². The van der Waals surface area contributed by atoms with Crippen molar-refractivity contribution < 1.29 is 9.15 Å². The summed E-state index contributed by atoms with van der Waals surface area (Å²) < 4.78 is 7.92.